The van der Waals surface area contributed by atoms with Gasteiger partial charge in [0.25, 0.3) is 0 Å². The first-order valence-corrected chi connectivity index (χ1v) is 9.95. The summed E-state index contributed by atoms with van der Waals surface area (Å²) in [5, 5.41) is 0. The van der Waals surface area contributed by atoms with Crippen LogP contribution >= 0.6 is 0 Å². The third-order valence-electron chi connectivity index (χ3n) is 5.00. The fourth-order valence-corrected chi connectivity index (χ4v) is 4.06. The van der Waals surface area contributed by atoms with E-state index in [-0.39, 0.29) is 19.6 Å². The summed E-state index contributed by atoms with van der Waals surface area (Å²) in [6.45, 7) is 9.00. The molecule has 1 aliphatic heterocycles. The zero-order valence-corrected chi connectivity index (χ0v) is 18.2. The molecule has 0 aromatic carbocycles. The highest BCUT2D eigenvalue weighted by Crippen LogP contribution is 2.42. The summed E-state index contributed by atoms with van der Waals surface area (Å²) < 4.78 is 33.0. The summed E-state index contributed by atoms with van der Waals surface area (Å²) >= 11 is 0. The minimum atomic E-state index is -1.22. The van der Waals surface area contributed by atoms with Crippen molar-refractivity contribution >= 4 is 23.9 Å². The second-order valence-electron chi connectivity index (χ2n) is 7.84. The molecule has 0 spiro atoms. The molecular weight excluding hydrogens is 400 g/mol. The van der Waals surface area contributed by atoms with E-state index in [9.17, 15) is 19.2 Å². The maximum atomic E-state index is 12.9. The molecule has 1 heterocycles. The highest BCUT2D eigenvalue weighted by molar-refractivity contribution is 5.76. The fraction of sp³-hybridized carbons (Fsp3) is 0.800. The van der Waals surface area contributed by atoms with E-state index in [2.05, 4.69) is 0 Å². The Morgan fingerprint density at radius 1 is 0.933 bits per heavy atom. The van der Waals surface area contributed by atoms with E-state index in [1.165, 1.54) is 20.8 Å². The van der Waals surface area contributed by atoms with E-state index in [0.717, 1.165) is 0 Å². The lowest BCUT2D eigenvalue weighted by Gasteiger charge is -2.45. The molecule has 2 fully saturated rings. The molecule has 0 N–H and O–H groups in total. The second kappa shape index (κ2) is 9.74. The van der Waals surface area contributed by atoms with E-state index in [4.69, 9.17) is 28.4 Å². The van der Waals surface area contributed by atoms with Gasteiger partial charge >= 0.3 is 23.9 Å². The molecule has 0 aromatic heterocycles. The van der Waals surface area contributed by atoms with Gasteiger partial charge in [0, 0.05) is 26.7 Å². The molecule has 0 radical (unpaired) electrons. The molecule has 30 heavy (non-hydrogen) atoms. The van der Waals surface area contributed by atoms with Gasteiger partial charge in [-0.3, -0.25) is 19.2 Å². The van der Waals surface area contributed by atoms with E-state index in [0.29, 0.717) is 0 Å². The molecular formula is C20H30O10. The van der Waals surface area contributed by atoms with E-state index < -0.39 is 65.9 Å². The lowest BCUT2D eigenvalue weighted by molar-refractivity contribution is -0.216. The van der Waals surface area contributed by atoms with Crippen molar-refractivity contribution in [3.05, 3.63) is 0 Å². The molecule has 1 aliphatic carbocycles. The summed E-state index contributed by atoms with van der Waals surface area (Å²) in [7, 11) is 0. The maximum absolute atomic E-state index is 12.9. The van der Waals surface area contributed by atoms with Crippen LogP contribution < -0.4 is 0 Å². The SMILES string of the molecule is CCOC(=O)[C@H]1[C@H]([C@H]2COC(C)(C)O2)C[C@@H](OC(C)=O)[C@@H](OC(C)=O)[C@@H]1OC(C)=O. The van der Waals surface area contributed by atoms with Crippen LogP contribution in [0, 0.1) is 11.8 Å². The zero-order chi connectivity index (χ0) is 22.6. The maximum Gasteiger partial charge on any atom is 0.313 e. The molecule has 1 saturated heterocycles. The van der Waals surface area contributed by atoms with Crippen molar-refractivity contribution in [2.24, 2.45) is 11.8 Å². The van der Waals surface area contributed by atoms with Gasteiger partial charge in [-0.2, -0.15) is 0 Å². The van der Waals surface area contributed by atoms with Crippen molar-refractivity contribution in [1.29, 1.82) is 0 Å². The predicted octanol–water partition coefficient (Wildman–Crippen LogP) is 1.13. The van der Waals surface area contributed by atoms with Gasteiger partial charge in [0.05, 0.1) is 19.3 Å². The Kier molecular flexibility index (Phi) is 7.81. The van der Waals surface area contributed by atoms with Crippen molar-refractivity contribution in [1.82, 2.24) is 0 Å². The van der Waals surface area contributed by atoms with Gasteiger partial charge in [-0.05, 0) is 27.2 Å². The van der Waals surface area contributed by atoms with Crippen molar-refractivity contribution in [3.63, 3.8) is 0 Å². The quantitative estimate of drug-likeness (QED) is 0.447. The Balaban J connectivity index is 2.49. The van der Waals surface area contributed by atoms with E-state index >= 15 is 0 Å². The van der Waals surface area contributed by atoms with Crippen LogP contribution in [0.1, 0.15) is 48.0 Å². The van der Waals surface area contributed by atoms with Gasteiger partial charge in [-0.1, -0.05) is 0 Å². The van der Waals surface area contributed by atoms with Crippen LogP contribution in [0.5, 0.6) is 0 Å². The Hall–Kier alpha value is -2.20. The average Bonchev–Trinajstić information content (AvgIpc) is 2.96. The average molecular weight is 430 g/mol. The smallest absolute Gasteiger partial charge is 0.313 e. The molecule has 10 nitrogen and oxygen atoms in total. The Morgan fingerprint density at radius 3 is 1.97 bits per heavy atom. The summed E-state index contributed by atoms with van der Waals surface area (Å²) in [5.74, 6) is -5.03. The summed E-state index contributed by atoms with van der Waals surface area (Å²) in [4.78, 5) is 48.2. The third kappa shape index (κ3) is 5.91. The molecule has 1 saturated carbocycles. The Labute approximate surface area is 175 Å². The van der Waals surface area contributed by atoms with E-state index in [1.54, 1.807) is 20.8 Å². The second-order valence-corrected chi connectivity index (χ2v) is 7.84. The molecule has 0 amide bonds. The van der Waals surface area contributed by atoms with Gasteiger partial charge in [0.15, 0.2) is 18.0 Å². The predicted molar refractivity (Wildman–Crippen MR) is 99.8 cm³/mol. The highest BCUT2D eigenvalue weighted by atomic mass is 16.7. The van der Waals surface area contributed by atoms with Crippen LogP contribution in [0.25, 0.3) is 0 Å². The largest absolute Gasteiger partial charge is 0.466 e. The number of carbonyl (C=O) groups is 4. The molecule has 0 aromatic rings. The molecule has 170 valence electrons. The number of rotatable bonds is 6. The topological polar surface area (TPSA) is 124 Å². The number of hydrogen-bond acceptors (Lipinski definition) is 10. The third-order valence-corrected chi connectivity index (χ3v) is 5.00. The fourth-order valence-electron chi connectivity index (χ4n) is 4.06. The van der Waals surface area contributed by atoms with Crippen molar-refractivity contribution < 1.29 is 47.6 Å². The lowest BCUT2D eigenvalue weighted by atomic mass is 9.71. The minimum Gasteiger partial charge on any atom is -0.466 e. The molecule has 10 heteroatoms. The molecule has 0 unspecified atom stereocenters. The minimum absolute atomic E-state index is 0.105. The first-order valence-electron chi connectivity index (χ1n) is 9.95. The van der Waals surface area contributed by atoms with Crippen LogP contribution in [-0.2, 0) is 47.6 Å². The highest BCUT2D eigenvalue weighted by Gasteiger charge is 2.57. The summed E-state index contributed by atoms with van der Waals surface area (Å²) in [5.41, 5.74) is 0. The van der Waals surface area contributed by atoms with Gasteiger partial charge < -0.3 is 28.4 Å². The Morgan fingerprint density at radius 2 is 1.50 bits per heavy atom. The zero-order valence-electron chi connectivity index (χ0n) is 18.2. The van der Waals surface area contributed by atoms with Crippen LogP contribution in [-0.4, -0.2) is 67.3 Å². The van der Waals surface area contributed by atoms with Crippen LogP contribution in [0.3, 0.4) is 0 Å². The van der Waals surface area contributed by atoms with Gasteiger partial charge in [0.1, 0.15) is 12.0 Å². The molecule has 6 atom stereocenters. The molecule has 2 aliphatic rings. The lowest BCUT2D eigenvalue weighted by Crippen LogP contribution is -2.59. The van der Waals surface area contributed by atoms with Crippen LogP contribution in [0.15, 0.2) is 0 Å². The Bertz CT molecular complexity index is 672. The van der Waals surface area contributed by atoms with Gasteiger partial charge in [-0.15, -0.1) is 0 Å². The number of esters is 4. The first-order chi connectivity index (χ1) is 13.9. The van der Waals surface area contributed by atoms with E-state index in [1.807, 2.05) is 0 Å². The van der Waals surface area contributed by atoms with Gasteiger partial charge in [-0.25, -0.2) is 0 Å². The van der Waals surface area contributed by atoms with Crippen molar-refractivity contribution in [2.75, 3.05) is 13.2 Å². The van der Waals surface area contributed by atoms with Crippen molar-refractivity contribution in [3.8, 4) is 0 Å². The monoisotopic (exact) mass is 430 g/mol. The number of carbonyl (C=O) groups excluding carboxylic acids is 4. The van der Waals surface area contributed by atoms with Gasteiger partial charge in [0.2, 0.25) is 0 Å². The number of hydrogen-bond donors (Lipinski definition) is 0. The van der Waals surface area contributed by atoms with Crippen molar-refractivity contribution in [2.45, 2.75) is 78.2 Å². The normalized spacial score (nSPS) is 32.7. The number of ether oxygens (including phenoxy) is 6. The summed E-state index contributed by atoms with van der Waals surface area (Å²) in [6, 6.07) is 0. The molecule has 0 bridgehead atoms. The van der Waals surface area contributed by atoms with Crippen LogP contribution in [0.4, 0.5) is 0 Å². The van der Waals surface area contributed by atoms with Crippen LogP contribution in [0.2, 0.25) is 0 Å². The molecule has 2 rings (SSSR count). The first kappa shape index (κ1) is 24.1. The summed E-state index contributed by atoms with van der Waals surface area (Å²) in [6.07, 6.45) is -3.76. The standard InChI is InChI=1S/C20H30O10/c1-7-25-19(24)16-13(15-9-26-20(5,6)30-15)8-14(27-10(2)21)17(28-11(3)22)18(16)29-12(4)23/h13-18H,7-9H2,1-6H3/t13-,14+,15+,16-,17+,18+/m0/s1.